The molecule has 2 aromatic carbocycles. The molecule has 0 aliphatic heterocycles. The molecule has 0 radical (unpaired) electrons. The van der Waals surface area contributed by atoms with Crippen molar-refractivity contribution in [3.8, 4) is 11.8 Å². The van der Waals surface area contributed by atoms with Crippen LogP contribution in [-0.2, 0) is 20.3 Å². The molecular formula is C34H48NO5P. The van der Waals surface area contributed by atoms with Crippen LogP contribution in [0.25, 0.3) is 0 Å². The molecule has 2 aromatic rings. The molecule has 224 valence electrons. The number of nitrogens with one attached hydrogen (secondary N) is 1. The molecule has 0 fully saturated rings. The monoisotopic (exact) mass is 581 g/mol. The summed E-state index contributed by atoms with van der Waals surface area (Å²) < 4.78 is 16.0. The Balaban J connectivity index is 1.69. The van der Waals surface area contributed by atoms with Crippen molar-refractivity contribution in [2.75, 3.05) is 6.61 Å². The van der Waals surface area contributed by atoms with Gasteiger partial charge in [0.1, 0.15) is 0 Å². The number of phosphoric acid groups is 1. The van der Waals surface area contributed by atoms with Gasteiger partial charge in [0.05, 0.1) is 12.6 Å². The number of unbranched alkanes of at least 4 members (excludes halogenated alkanes) is 10. The van der Waals surface area contributed by atoms with Gasteiger partial charge >= 0.3 is 7.82 Å². The van der Waals surface area contributed by atoms with Crippen LogP contribution in [0.5, 0.6) is 0 Å². The molecule has 0 spiro atoms. The van der Waals surface area contributed by atoms with Crippen molar-refractivity contribution < 1.29 is 23.7 Å². The maximum Gasteiger partial charge on any atom is 0.469 e. The molecule has 0 saturated heterocycles. The Morgan fingerprint density at radius 2 is 1.39 bits per heavy atom. The molecule has 0 bridgehead atoms. The van der Waals surface area contributed by atoms with E-state index >= 15 is 0 Å². The Bertz CT molecular complexity index is 1120. The lowest BCUT2D eigenvalue weighted by atomic mass is 10.0. The van der Waals surface area contributed by atoms with Crippen molar-refractivity contribution in [1.29, 1.82) is 0 Å². The second kappa shape index (κ2) is 21.1. The van der Waals surface area contributed by atoms with Crippen LogP contribution in [0, 0.1) is 11.8 Å². The highest BCUT2D eigenvalue weighted by molar-refractivity contribution is 7.46. The van der Waals surface area contributed by atoms with E-state index in [1.54, 1.807) is 0 Å². The minimum absolute atomic E-state index is 0.131. The first-order valence-corrected chi connectivity index (χ1v) is 16.7. The molecule has 3 N–H and O–H groups in total. The van der Waals surface area contributed by atoms with Crippen molar-refractivity contribution in [2.45, 2.75) is 103 Å². The number of hydrogen-bond acceptors (Lipinski definition) is 3. The SMILES string of the molecule is CCCCCCCC/C=C\CCCCCCC(=O)N[C@@H](COP(=O)(O)O)Cc1ccc(C#Cc2ccccc2)cc1. The van der Waals surface area contributed by atoms with E-state index in [0.29, 0.717) is 12.8 Å². The van der Waals surface area contributed by atoms with Crippen LogP contribution >= 0.6 is 7.82 Å². The van der Waals surface area contributed by atoms with E-state index in [9.17, 15) is 9.36 Å². The molecule has 0 saturated carbocycles. The van der Waals surface area contributed by atoms with Crippen LogP contribution in [0.1, 0.15) is 107 Å². The minimum Gasteiger partial charge on any atom is -0.351 e. The van der Waals surface area contributed by atoms with Crippen LogP contribution in [0.3, 0.4) is 0 Å². The summed E-state index contributed by atoms with van der Waals surface area (Å²) in [6.45, 7) is 1.98. The molecule has 6 nitrogen and oxygen atoms in total. The predicted octanol–water partition coefficient (Wildman–Crippen LogP) is 7.87. The smallest absolute Gasteiger partial charge is 0.351 e. The number of carbonyl (C=O) groups excluding carboxylic acids is 1. The van der Waals surface area contributed by atoms with Gasteiger partial charge in [-0.3, -0.25) is 9.32 Å². The standard InChI is InChI=1S/C34H48NO5P/c1-2-3-4-5-6-7-8-9-10-11-12-13-14-18-21-34(36)35-33(29-40-41(37,38)39)28-32-26-24-31(25-27-32)23-22-30-19-16-15-17-20-30/h9-10,15-17,19-20,24-27,33H,2-8,11-14,18,21,28-29H2,1H3,(H,35,36)(H2,37,38,39)/b10-9-/t33-/m1/s1. The fraction of sp³-hybridized carbons (Fsp3) is 0.500. The van der Waals surface area contributed by atoms with Gasteiger partial charge in [-0.25, -0.2) is 4.57 Å². The molecule has 7 heteroatoms. The normalized spacial score (nSPS) is 12.2. The van der Waals surface area contributed by atoms with Gasteiger partial charge in [0.2, 0.25) is 5.91 Å². The number of phosphoric ester groups is 1. The maximum absolute atomic E-state index is 12.6. The molecular weight excluding hydrogens is 533 g/mol. The number of amides is 1. The number of allylic oxidation sites excluding steroid dienone is 2. The zero-order valence-corrected chi connectivity index (χ0v) is 25.5. The molecule has 41 heavy (non-hydrogen) atoms. The highest BCUT2D eigenvalue weighted by Gasteiger charge is 2.20. The van der Waals surface area contributed by atoms with Crippen molar-refractivity contribution in [2.24, 2.45) is 0 Å². The van der Waals surface area contributed by atoms with Crippen LogP contribution in [-0.4, -0.2) is 28.3 Å². The lowest BCUT2D eigenvalue weighted by Gasteiger charge is -2.19. The number of hydrogen-bond donors (Lipinski definition) is 3. The number of benzene rings is 2. The third-order valence-corrected chi connectivity index (χ3v) is 7.27. The van der Waals surface area contributed by atoms with Crippen LogP contribution in [0.15, 0.2) is 66.7 Å². The molecule has 0 aliphatic carbocycles. The topological polar surface area (TPSA) is 95.9 Å². The van der Waals surface area contributed by atoms with E-state index in [2.05, 4.69) is 36.2 Å². The van der Waals surface area contributed by atoms with Gasteiger partial charge in [-0.2, -0.15) is 0 Å². The van der Waals surface area contributed by atoms with Gasteiger partial charge in [-0.05, 0) is 68.4 Å². The van der Waals surface area contributed by atoms with E-state index in [-0.39, 0.29) is 12.5 Å². The number of rotatable bonds is 20. The second-order valence-corrected chi connectivity index (χ2v) is 11.8. The summed E-state index contributed by atoms with van der Waals surface area (Å²) in [6.07, 6.45) is 19.6. The summed E-state index contributed by atoms with van der Waals surface area (Å²) in [4.78, 5) is 30.9. The Morgan fingerprint density at radius 3 is 2.00 bits per heavy atom. The van der Waals surface area contributed by atoms with Gasteiger partial charge in [0.15, 0.2) is 0 Å². The zero-order chi connectivity index (χ0) is 29.6. The molecule has 0 heterocycles. The molecule has 1 amide bonds. The minimum atomic E-state index is -4.64. The van der Waals surface area contributed by atoms with Gasteiger partial charge in [0, 0.05) is 17.5 Å². The Morgan fingerprint density at radius 1 is 0.829 bits per heavy atom. The molecule has 0 aromatic heterocycles. The highest BCUT2D eigenvalue weighted by atomic mass is 31.2. The summed E-state index contributed by atoms with van der Waals surface area (Å²) in [6, 6.07) is 16.8. The van der Waals surface area contributed by atoms with Crippen molar-refractivity contribution in [3.05, 3.63) is 83.4 Å². The fourth-order valence-corrected chi connectivity index (χ4v) is 4.87. The van der Waals surface area contributed by atoms with Crippen LogP contribution < -0.4 is 5.32 Å². The molecule has 0 unspecified atom stereocenters. The summed E-state index contributed by atoms with van der Waals surface area (Å²) in [5.74, 6) is 6.12. The van der Waals surface area contributed by atoms with E-state index < -0.39 is 13.9 Å². The van der Waals surface area contributed by atoms with Gasteiger partial charge in [-0.1, -0.05) is 106 Å². The average molecular weight is 582 g/mol. The first-order chi connectivity index (χ1) is 19.9. The molecule has 2 rings (SSSR count). The lowest BCUT2D eigenvalue weighted by Crippen LogP contribution is -2.39. The Hall–Kier alpha value is -2.68. The quantitative estimate of drug-likeness (QED) is 0.0640. The Kier molecular flexibility index (Phi) is 17.8. The number of carbonyl (C=O) groups is 1. The van der Waals surface area contributed by atoms with E-state index in [0.717, 1.165) is 48.8 Å². The second-order valence-electron chi connectivity index (χ2n) is 10.5. The van der Waals surface area contributed by atoms with Crippen LogP contribution in [0.2, 0.25) is 0 Å². The maximum atomic E-state index is 12.6. The van der Waals surface area contributed by atoms with Gasteiger partial charge in [-0.15, -0.1) is 0 Å². The summed E-state index contributed by atoms with van der Waals surface area (Å²) in [5.41, 5.74) is 2.71. The lowest BCUT2D eigenvalue weighted by molar-refractivity contribution is -0.122. The predicted molar refractivity (Wildman–Crippen MR) is 167 cm³/mol. The Labute approximate surface area is 247 Å². The van der Waals surface area contributed by atoms with E-state index in [1.807, 2.05) is 54.6 Å². The summed E-state index contributed by atoms with van der Waals surface area (Å²) in [7, 11) is -4.64. The largest absolute Gasteiger partial charge is 0.469 e. The first-order valence-electron chi connectivity index (χ1n) is 15.2. The fourth-order valence-electron chi connectivity index (χ4n) is 4.49. The third kappa shape index (κ3) is 18.4. The van der Waals surface area contributed by atoms with E-state index in [4.69, 9.17) is 14.3 Å². The summed E-state index contributed by atoms with van der Waals surface area (Å²) in [5, 5.41) is 2.90. The summed E-state index contributed by atoms with van der Waals surface area (Å²) >= 11 is 0. The van der Waals surface area contributed by atoms with Crippen molar-refractivity contribution >= 4 is 13.7 Å². The van der Waals surface area contributed by atoms with Crippen LogP contribution in [0.4, 0.5) is 0 Å². The zero-order valence-electron chi connectivity index (χ0n) is 24.6. The first kappa shape index (κ1) is 34.5. The van der Waals surface area contributed by atoms with Crippen molar-refractivity contribution in [3.63, 3.8) is 0 Å². The molecule has 0 aliphatic rings. The van der Waals surface area contributed by atoms with E-state index in [1.165, 1.54) is 44.9 Å². The van der Waals surface area contributed by atoms with Gasteiger partial charge in [0.25, 0.3) is 0 Å². The van der Waals surface area contributed by atoms with Gasteiger partial charge < -0.3 is 15.1 Å². The third-order valence-electron chi connectivity index (χ3n) is 6.79. The average Bonchev–Trinajstić information content (AvgIpc) is 2.96. The highest BCUT2D eigenvalue weighted by Crippen LogP contribution is 2.35. The molecule has 1 atom stereocenters. The van der Waals surface area contributed by atoms with Crippen molar-refractivity contribution in [1.82, 2.24) is 5.32 Å².